The summed E-state index contributed by atoms with van der Waals surface area (Å²) in [6.45, 7) is 0. The predicted molar refractivity (Wildman–Crippen MR) is 49.1 cm³/mol. The molecule has 0 spiro atoms. The van der Waals surface area contributed by atoms with E-state index in [2.05, 4.69) is 0 Å². The predicted octanol–water partition coefficient (Wildman–Crippen LogP) is 0.940. The highest BCUT2D eigenvalue weighted by Gasteiger charge is 2.42. The number of carboxylic acid groups (broad SMARTS) is 1. The second-order valence-electron chi connectivity index (χ2n) is 2.96. The molecule has 0 aliphatic rings. The van der Waals surface area contributed by atoms with E-state index in [0.717, 1.165) is 5.32 Å². The molecule has 0 heterocycles. The fraction of sp³-hybridized carbons (Fsp3) is 0.571. The Kier molecular flexibility index (Phi) is 5.65. The molecule has 110 valence electrons. The van der Waals surface area contributed by atoms with Crippen molar-refractivity contribution >= 4 is 28.8 Å². The third-order valence-electron chi connectivity index (χ3n) is 1.47. The number of thioether (sulfide) groups is 1. The normalized spacial score (nSPS) is 13.8. The molecule has 0 rings (SSSR count). The molecule has 0 aliphatic heterocycles. The standard InChI is InChI=1S/C7H5F6NO4S/c8-6(9,10)4(17)14-2(3(15)16)1-19-5(18)7(11,12)13/h2H,1H2,(H,14,17)(H,15,16). The van der Waals surface area contributed by atoms with E-state index in [-0.39, 0.29) is 0 Å². The minimum Gasteiger partial charge on any atom is -0.480 e. The molecule has 0 aromatic heterocycles. The molecule has 0 fully saturated rings. The topological polar surface area (TPSA) is 83.5 Å². The summed E-state index contributed by atoms with van der Waals surface area (Å²) >= 11 is -0.554. The van der Waals surface area contributed by atoms with Gasteiger partial charge in [0.05, 0.1) is 0 Å². The number of hydrogen-bond donors (Lipinski definition) is 2. The molecule has 0 aromatic rings. The van der Waals surface area contributed by atoms with Gasteiger partial charge in [-0.15, -0.1) is 0 Å². The van der Waals surface area contributed by atoms with Crippen LogP contribution >= 0.6 is 11.8 Å². The fourth-order valence-corrected chi connectivity index (χ4v) is 1.36. The summed E-state index contributed by atoms with van der Waals surface area (Å²) in [5, 5.41) is 7.00. The van der Waals surface area contributed by atoms with Gasteiger partial charge in [-0.3, -0.25) is 9.59 Å². The SMILES string of the molecule is O=C(O)C(CSC(=O)C(F)(F)F)NC(=O)C(F)(F)F. The quantitative estimate of drug-likeness (QED) is 0.755. The van der Waals surface area contributed by atoms with Crippen molar-refractivity contribution in [2.45, 2.75) is 18.4 Å². The number of alkyl halides is 6. The molecule has 0 radical (unpaired) electrons. The largest absolute Gasteiger partial charge is 0.480 e. The summed E-state index contributed by atoms with van der Waals surface area (Å²) < 4.78 is 70.7. The first-order valence-electron chi connectivity index (χ1n) is 4.20. The highest BCUT2D eigenvalue weighted by molar-refractivity contribution is 8.13. The van der Waals surface area contributed by atoms with Crippen LogP contribution in [0.5, 0.6) is 0 Å². The summed E-state index contributed by atoms with van der Waals surface area (Å²) in [5.41, 5.74) is 0. The lowest BCUT2D eigenvalue weighted by atomic mass is 10.3. The van der Waals surface area contributed by atoms with Crippen molar-refractivity contribution < 1.29 is 45.8 Å². The van der Waals surface area contributed by atoms with Gasteiger partial charge in [0, 0.05) is 5.75 Å². The number of carbonyl (C=O) groups is 3. The van der Waals surface area contributed by atoms with Crippen LogP contribution in [0.3, 0.4) is 0 Å². The molecular formula is C7H5F6NO4S. The summed E-state index contributed by atoms with van der Waals surface area (Å²) in [7, 11) is 0. The van der Waals surface area contributed by atoms with E-state index in [1.165, 1.54) is 0 Å². The summed E-state index contributed by atoms with van der Waals surface area (Å²) in [6, 6.07) is -2.27. The van der Waals surface area contributed by atoms with Crippen LogP contribution in [0.25, 0.3) is 0 Å². The summed E-state index contributed by atoms with van der Waals surface area (Å²) in [4.78, 5) is 31.2. The minimum absolute atomic E-state index is 0.554. The van der Waals surface area contributed by atoms with Gasteiger partial charge in [0.2, 0.25) is 0 Å². The molecule has 12 heteroatoms. The maximum Gasteiger partial charge on any atom is 0.471 e. The number of carboxylic acids is 1. The van der Waals surface area contributed by atoms with Gasteiger partial charge in [-0.2, -0.15) is 26.3 Å². The smallest absolute Gasteiger partial charge is 0.471 e. The summed E-state index contributed by atoms with van der Waals surface area (Å²) in [5.74, 6) is -5.81. The third-order valence-corrected chi connectivity index (χ3v) is 2.47. The lowest BCUT2D eigenvalue weighted by Crippen LogP contribution is -2.48. The number of rotatable bonds is 4. The van der Waals surface area contributed by atoms with Crippen LogP contribution in [0.15, 0.2) is 0 Å². The third kappa shape index (κ3) is 6.31. The van der Waals surface area contributed by atoms with Crippen LogP contribution < -0.4 is 5.32 Å². The van der Waals surface area contributed by atoms with Crippen molar-refractivity contribution in [3.8, 4) is 0 Å². The first kappa shape index (κ1) is 17.5. The van der Waals surface area contributed by atoms with Gasteiger partial charge in [0.25, 0.3) is 5.12 Å². The molecule has 0 aliphatic carbocycles. The van der Waals surface area contributed by atoms with Gasteiger partial charge in [-0.1, -0.05) is 11.8 Å². The second kappa shape index (κ2) is 6.12. The average Bonchev–Trinajstić information content (AvgIpc) is 2.19. The van der Waals surface area contributed by atoms with Crippen molar-refractivity contribution in [3.63, 3.8) is 0 Å². The van der Waals surface area contributed by atoms with Crippen LogP contribution in [-0.4, -0.2) is 46.2 Å². The van der Waals surface area contributed by atoms with Gasteiger partial charge in [0.15, 0.2) is 0 Å². The van der Waals surface area contributed by atoms with E-state index in [1.54, 1.807) is 0 Å². The molecular weight excluding hydrogens is 308 g/mol. The van der Waals surface area contributed by atoms with Crippen molar-refractivity contribution in [1.29, 1.82) is 0 Å². The van der Waals surface area contributed by atoms with E-state index in [1.807, 2.05) is 0 Å². The highest BCUT2D eigenvalue weighted by atomic mass is 32.2. The molecule has 0 bridgehead atoms. The van der Waals surface area contributed by atoms with Crippen LogP contribution in [0.2, 0.25) is 0 Å². The number of hydrogen-bond acceptors (Lipinski definition) is 4. The Bertz CT molecular complexity index is 379. The lowest BCUT2D eigenvalue weighted by molar-refractivity contribution is -0.175. The number of aliphatic carboxylic acids is 1. The van der Waals surface area contributed by atoms with Crippen LogP contribution in [0.1, 0.15) is 0 Å². The van der Waals surface area contributed by atoms with Gasteiger partial charge >= 0.3 is 24.2 Å². The molecule has 5 nitrogen and oxygen atoms in total. The lowest BCUT2D eigenvalue weighted by Gasteiger charge is -2.15. The Morgan fingerprint density at radius 2 is 1.53 bits per heavy atom. The highest BCUT2D eigenvalue weighted by Crippen LogP contribution is 2.24. The van der Waals surface area contributed by atoms with E-state index >= 15 is 0 Å². The molecule has 1 unspecified atom stereocenters. The van der Waals surface area contributed by atoms with Gasteiger partial charge in [0.1, 0.15) is 6.04 Å². The number of carbonyl (C=O) groups excluding carboxylic acids is 2. The molecule has 2 N–H and O–H groups in total. The Morgan fingerprint density at radius 3 is 1.84 bits per heavy atom. The first-order chi connectivity index (χ1) is 8.35. The molecule has 0 saturated heterocycles. The van der Waals surface area contributed by atoms with Crippen LogP contribution in [0.4, 0.5) is 26.3 Å². The van der Waals surface area contributed by atoms with E-state index < -0.39 is 52.9 Å². The van der Waals surface area contributed by atoms with Crippen molar-refractivity contribution in [2.24, 2.45) is 0 Å². The Balaban J connectivity index is 4.58. The van der Waals surface area contributed by atoms with Crippen molar-refractivity contribution in [2.75, 3.05) is 5.75 Å². The summed E-state index contributed by atoms with van der Waals surface area (Å²) in [6.07, 6.45) is -10.6. The van der Waals surface area contributed by atoms with Crippen molar-refractivity contribution in [3.05, 3.63) is 0 Å². The molecule has 19 heavy (non-hydrogen) atoms. The first-order valence-corrected chi connectivity index (χ1v) is 5.18. The molecule has 1 amide bonds. The monoisotopic (exact) mass is 313 g/mol. The molecule has 1 atom stereocenters. The Hall–Kier alpha value is -1.46. The molecule has 0 saturated carbocycles. The second-order valence-corrected chi connectivity index (χ2v) is 3.95. The van der Waals surface area contributed by atoms with Gasteiger partial charge < -0.3 is 10.4 Å². The minimum atomic E-state index is -5.38. The fourth-order valence-electron chi connectivity index (χ4n) is 0.656. The van der Waals surface area contributed by atoms with Gasteiger partial charge in [-0.05, 0) is 0 Å². The van der Waals surface area contributed by atoms with Crippen LogP contribution in [0, 0.1) is 0 Å². The zero-order valence-electron chi connectivity index (χ0n) is 8.63. The zero-order valence-corrected chi connectivity index (χ0v) is 9.45. The zero-order chi connectivity index (χ0) is 15.4. The van der Waals surface area contributed by atoms with E-state index in [4.69, 9.17) is 5.11 Å². The number of nitrogens with one attached hydrogen (secondary N) is 1. The molecule has 0 aromatic carbocycles. The van der Waals surface area contributed by atoms with Crippen molar-refractivity contribution in [1.82, 2.24) is 5.32 Å². The maximum atomic E-state index is 11.8. The Labute approximate surface area is 105 Å². The number of halogens is 6. The maximum absolute atomic E-state index is 11.8. The van der Waals surface area contributed by atoms with Gasteiger partial charge in [-0.25, -0.2) is 4.79 Å². The number of amides is 1. The van der Waals surface area contributed by atoms with E-state index in [0.29, 0.717) is 0 Å². The average molecular weight is 313 g/mol. The van der Waals surface area contributed by atoms with E-state index in [9.17, 15) is 40.7 Å². The van der Waals surface area contributed by atoms with Crippen LogP contribution in [-0.2, 0) is 14.4 Å². The Morgan fingerprint density at radius 1 is 1.05 bits per heavy atom.